The van der Waals surface area contributed by atoms with E-state index in [-0.39, 0.29) is 0 Å². The summed E-state index contributed by atoms with van der Waals surface area (Å²) in [6.45, 7) is 0. The van der Waals surface area contributed by atoms with Crippen LogP contribution >= 0.6 is 0 Å². The van der Waals surface area contributed by atoms with Crippen LogP contribution in [0.15, 0.2) is 70.9 Å². The zero-order valence-electron chi connectivity index (χ0n) is 11.7. The average molecular weight is 277 g/mol. The number of methoxy groups -OCH3 is 1. The molecule has 3 aromatic rings. The van der Waals surface area contributed by atoms with Gasteiger partial charge in [0, 0.05) is 16.8 Å². The van der Waals surface area contributed by atoms with Crippen molar-refractivity contribution in [3.05, 3.63) is 60.7 Å². The van der Waals surface area contributed by atoms with Crippen LogP contribution in [0.1, 0.15) is 0 Å². The number of rotatable bonds is 3. The lowest BCUT2D eigenvalue weighted by Crippen LogP contribution is -1.93. The van der Waals surface area contributed by atoms with E-state index >= 15 is 0 Å². The summed E-state index contributed by atoms with van der Waals surface area (Å²) in [6, 6.07) is 19.2. The van der Waals surface area contributed by atoms with Gasteiger partial charge in [0.05, 0.1) is 24.2 Å². The third-order valence-corrected chi connectivity index (χ3v) is 3.28. The van der Waals surface area contributed by atoms with Gasteiger partial charge in [0.2, 0.25) is 0 Å². The summed E-state index contributed by atoms with van der Waals surface area (Å²) >= 11 is 0. The first-order valence-electron chi connectivity index (χ1n) is 6.61. The van der Waals surface area contributed by atoms with Crippen LogP contribution in [0.25, 0.3) is 10.8 Å². The van der Waals surface area contributed by atoms with E-state index in [0.29, 0.717) is 11.4 Å². The molecule has 104 valence electrons. The number of nitrogens with two attached hydrogens (primary N) is 1. The van der Waals surface area contributed by atoms with E-state index < -0.39 is 0 Å². The van der Waals surface area contributed by atoms with Gasteiger partial charge >= 0.3 is 0 Å². The maximum Gasteiger partial charge on any atom is 0.144 e. The van der Waals surface area contributed by atoms with Crippen molar-refractivity contribution >= 4 is 27.8 Å². The summed E-state index contributed by atoms with van der Waals surface area (Å²) in [7, 11) is 1.60. The van der Waals surface area contributed by atoms with E-state index in [1.165, 1.54) is 0 Å². The van der Waals surface area contributed by atoms with E-state index in [1.54, 1.807) is 7.11 Å². The molecule has 3 aromatic carbocycles. The number of azo groups is 1. The highest BCUT2D eigenvalue weighted by atomic mass is 16.5. The van der Waals surface area contributed by atoms with Crippen LogP contribution in [0.3, 0.4) is 0 Å². The molecule has 0 fully saturated rings. The van der Waals surface area contributed by atoms with Crippen molar-refractivity contribution in [2.24, 2.45) is 10.2 Å². The lowest BCUT2D eigenvalue weighted by molar-refractivity contribution is 0.417. The van der Waals surface area contributed by atoms with Crippen molar-refractivity contribution in [1.82, 2.24) is 0 Å². The number of hydrogen-bond acceptors (Lipinski definition) is 4. The van der Waals surface area contributed by atoms with Gasteiger partial charge in [0.15, 0.2) is 0 Å². The molecular formula is C17H15N3O. The summed E-state index contributed by atoms with van der Waals surface area (Å²) in [4.78, 5) is 0. The maximum absolute atomic E-state index is 6.11. The second-order valence-corrected chi connectivity index (χ2v) is 4.59. The Bertz CT molecular complexity index is 798. The summed E-state index contributed by atoms with van der Waals surface area (Å²) in [6.07, 6.45) is 0. The molecule has 0 atom stereocenters. The molecule has 0 bridgehead atoms. The summed E-state index contributed by atoms with van der Waals surface area (Å²) in [5, 5.41) is 10.5. The molecular weight excluding hydrogens is 262 g/mol. The number of nitrogens with zero attached hydrogens (tertiary/aromatic N) is 2. The molecule has 0 aliphatic rings. The molecule has 4 nitrogen and oxygen atoms in total. The number of ether oxygens (including phenoxy) is 1. The third kappa shape index (κ3) is 2.56. The van der Waals surface area contributed by atoms with Crippen LogP contribution in [-0.2, 0) is 0 Å². The van der Waals surface area contributed by atoms with Crippen molar-refractivity contribution in [2.45, 2.75) is 0 Å². The van der Waals surface area contributed by atoms with Crippen molar-refractivity contribution in [2.75, 3.05) is 12.8 Å². The lowest BCUT2D eigenvalue weighted by Gasteiger charge is -2.10. The molecule has 0 heterocycles. The summed E-state index contributed by atoms with van der Waals surface area (Å²) < 4.78 is 5.32. The number of nitrogen functional groups attached to an aromatic ring is 1. The van der Waals surface area contributed by atoms with Gasteiger partial charge in [-0.05, 0) is 12.1 Å². The molecule has 0 aromatic heterocycles. The second-order valence-electron chi connectivity index (χ2n) is 4.59. The fraction of sp³-hybridized carbons (Fsp3) is 0.0588. The Kier molecular flexibility index (Phi) is 3.51. The highest BCUT2D eigenvalue weighted by Crippen LogP contribution is 2.38. The van der Waals surface area contributed by atoms with Gasteiger partial charge in [0.25, 0.3) is 0 Å². The number of hydrogen-bond donors (Lipinski definition) is 1. The van der Waals surface area contributed by atoms with E-state index in [1.807, 2.05) is 60.7 Å². The Labute approximate surface area is 122 Å². The highest BCUT2D eigenvalue weighted by Gasteiger charge is 2.09. The molecule has 0 spiro atoms. The molecule has 0 saturated carbocycles. The summed E-state index contributed by atoms with van der Waals surface area (Å²) in [5.41, 5.74) is 8.27. The van der Waals surface area contributed by atoms with Gasteiger partial charge in [0.1, 0.15) is 5.75 Å². The van der Waals surface area contributed by atoms with Gasteiger partial charge in [-0.2, -0.15) is 5.11 Å². The number of benzene rings is 3. The minimum Gasteiger partial charge on any atom is -0.494 e. The first kappa shape index (κ1) is 13.1. The fourth-order valence-corrected chi connectivity index (χ4v) is 2.21. The zero-order valence-corrected chi connectivity index (χ0v) is 11.7. The first-order valence-corrected chi connectivity index (χ1v) is 6.61. The Morgan fingerprint density at radius 1 is 0.857 bits per heavy atom. The largest absolute Gasteiger partial charge is 0.494 e. The van der Waals surface area contributed by atoms with Crippen LogP contribution in [0, 0.1) is 0 Å². The molecule has 0 saturated heterocycles. The van der Waals surface area contributed by atoms with Gasteiger partial charge in [-0.1, -0.05) is 42.5 Å². The Hall–Kier alpha value is -2.88. The molecule has 0 unspecified atom stereocenters. The molecule has 0 aliphatic heterocycles. The van der Waals surface area contributed by atoms with Crippen LogP contribution in [-0.4, -0.2) is 7.11 Å². The summed E-state index contributed by atoms with van der Waals surface area (Å²) in [5.74, 6) is 0.607. The maximum atomic E-state index is 6.11. The molecule has 0 radical (unpaired) electrons. The monoisotopic (exact) mass is 277 g/mol. The SMILES string of the molecule is COc1cc(N=Nc2ccccc2)c2ccccc2c1N. The molecule has 0 amide bonds. The smallest absolute Gasteiger partial charge is 0.144 e. The fourth-order valence-electron chi connectivity index (χ4n) is 2.21. The highest BCUT2D eigenvalue weighted by molar-refractivity contribution is 6.02. The van der Waals surface area contributed by atoms with Crippen molar-refractivity contribution in [1.29, 1.82) is 0 Å². The van der Waals surface area contributed by atoms with Gasteiger partial charge in [-0.25, -0.2) is 0 Å². The van der Waals surface area contributed by atoms with Gasteiger partial charge in [-0.15, -0.1) is 5.11 Å². The quantitative estimate of drug-likeness (QED) is 0.549. The van der Waals surface area contributed by atoms with Crippen molar-refractivity contribution in [3.8, 4) is 5.75 Å². The minimum absolute atomic E-state index is 0.607. The van der Waals surface area contributed by atoms with Crippen LogP contribution in [0.4, 0.5) is 17.1 Å². The van der Waals surface area contributed by atoms with Gasteiger partial charge < -0.3 is 10.5 Å². The number of anilines is 1. The molecule has 21 heavy (non-hydrogen) atoms. The second kappa shape index (κ2) is 5.63. The Morgan fingerprint density at radius 3 is 2.24 bits per heavy atom. The predicted octanol–water partition coefficient (Wildman–Crippen LogP) is 4.85. The molecule has 0 aliphatic carbocycles. The Morgan fingerprint density at radius 2 is 1.52 bits per heavy atom. The normalized spacial score (nSPS) is 11.1. The third-order valence-electron chi connectivity index (χ3n) is 3.28. The molecule has 2 N–H and O–H groups in total. The number of fused-ring (bicyclic) bond motifs is 1. The zero-order chi connectivity index (χ0) is 14.7. The molecule has 3 rings (SSSR count). The van der Waals surface area contributed by atoms with E-state index in [4.69, 9.17) is 10.5 Å². The van der Waals surface area contributed by atoms with Gasteiger partial charge in [-0.3, -0.25) is 0 Å². The topological polar surface area (TPSA) is 60.0 Å². The van der Waals surface area contributed by atoms with Crippen LogP contribution in [0.5, 0.6) is 5.75 Å². The standard InChI is InChI=1S/C17H15N3O/c1-21-16-11-15(20-19-12-7-3-2-4-8-12)13-9-5-6-10-14(13)17(16)18/h2-11H,18H2,1H3. The van der Waals surface area contributed by atoms with E-state index in [2.05, 4.69) is 10.2 Å². The van der Waals surface area contributed by atoms with Crippen molar-refractivity contribution < 1.29 is 4.74 Å². The van der Waals surface area contributed by atoms with Crippen molar-refractivity contribution in [3.63, 3.8) is 0 Å². The molecule has 4 heteroatoms. The minimum atomic E-state index is 0.607. The van der Waals surface area contributed by atoms with Crippen LogP contribution < -0.4 is 10.5 Å². The first-order chi connectivity index (χ1) is 10.3. The van der Waals surface area contributed by atoms with E-state index in [9.17, 15) is 0 Å². The lowest BCUT2D eigenvalue weighted by atomic mass is 10.1. The average Bonchev–Trinajstić information content (AvgIpc) is 2.55. The predicted molar refractivity (Wildman–Crippen MR) is 85.5 cm³/mol. The van der Waals surface area contributed by atoms with Crippen LogP contribution in [0.2, 0.25) is 0 Å². The Balaban J connectivity index is 2.14. The van der Waals surface area contributed by atoms with E-state index in [0.717, 1.165) is 22.1 Å².